The van der Waals surface area contributed by atoms with Gasteiger partial charge in [-0.2, -0.15) is 0 Å². The fraction of sp³-hybridized carbons (Fsp3) is 0.800. The zero-order valence-corrected chi connectivity index (χ0v) is 9.06. The van der Waals surface area contributed by atoms with Crippen molar-refractivity contribution in [2.75, 3.05) is 6.54 Å². The molecule has 1 heterocycles. The van der Waals surface area contributed by atoms with Crippen LogP contribution < -0.4 is 5.32 Å². The van der Waals surface area contributed by atoms with E-state index in [4.69, 9.17) is 0 Å². The number of aromatic nitrogens is 3. The number of aryl methyl sites for hydroxylation is 1. The van der Waals surface area contributed by atoms with Crippen molar-refractivity contribution in [2.45, 2.75) is 37.8 Å². The lowest BCUT2D eigenvalue weighted by molar-refractivity contribution is 0.149. The van der Waals surface area contributed by atoms with Crippen LogP contribution in [0.15, 0.2) is 6.33 Å². The van der Waals surface area contributed by atoms with Crippen molar-refractivity contribution in [3.8, 4) is 0 Å². The van der Waals surface area contributed by atoms with Crippen LogP contribution in [0.2, 0.25) is 0 Å². The molecule has 0 aliphatic heterocycles. The van der Waals surface area contributed by atoms with E-state index in [9.17, 15) is 5.11 Å². The van der Waals surface area contributed by atoms with E-state index in [0.717, 1.165) is 38.1 Å². The molecule has 1 aliphatic rings. The molecule has 0 bridgehead atoms. The van der Waals surface area contributed by atoms with Gasteiger partial charge in [0, 0.05) is 26.1 Å². The standard InChI is InChI=1S/C10H18N4O/c1-14-7-12-13-10(14)5-6-11-8-3-2-4-9(8)15/h7-9,11,15H,2-6H2,1H3. The molecule has 0 saturated heterocycles. The maximum absolute atomic E-state index is 9.61. The summed E-state index contributed by atoms with van der Waals surface area (Å²) in [6.07, 6.45) is 5.55. The minimum absolute atomic E-state index is 0.163. The highest BCUT2D eigenvalue weighted by atomic mass is 16.3. The first-order valence-corrected chi connectivity index (χ1v) is 5.51. The zero-order valence-electron chi connectivity index (χ0n) is 9.06. The van der Waals surface area contributed by atoms with Crippen LogP contribution in [-0.4, -0.2) is 38.6 Å². The van der Waals surface area contributed by atoms with Crippen molar-refractivity contribution >= 4 is 0 Å². The van der Waals surface area contributed by atoms with Crippen LogP contribution in [0, 0.1) is 0 Å². The van der Waals surface area contributed by atoms with Crippen molar-refractivity contribution in [2.24, 2.45) is 7.05 Å². The van der Waals surface area contributed by atoms with Gasteiger partial charge in [-0.15, -0.1) is 10.2 Å². The third kappa shape index (κ3) is 2.54. The van der Waals surface area contributed by atoms with E-state index < -0.39 is 0 Å². The lowest BCUT2D eigenvalue weighted by Gasteiger charge is -2.15. The molecule has 1 fully saturated rings. The summed E-state index contributed by atoms with van der Waals surface area (Å²) < 4.78 is 1.92. The van der Waals surface area contributed by atoms with Crippen molar-refractivity contribution in [3.63, 3.8) is 0 Å². The Hall–Kier alpha value is -0.940. The molecule has 2 rings (SSSR count). The topological polar surface area (TPSA) is 63.0 Å². The average molecular weight is 210 g/mol. The van der Waals surface area contributed by atoms with E-state index in [2.05, 4.69) is 15.5 Å². The molecule has 2 N–H and O–H groups in total. The van der Waals surface area contributed by atoms with Gasteiger partial charge in [-0.3, -0.25) is 0 Å². The number of hydrogen-bond donors (Lipinski definition) is 2. The van der Waals surface area contributed by atoms with Gasteiger partial charge in [0.25, 0.3) is 0 Å². The second-order valence-electron chi connectivity index (χ2n) is 4.17. The summed E-state index contributed by atoms with van der Waals surface area (Å²) in [4.78, 5) is 0. The lowest BCUT2D eigenvalue weighted by atomic mass is 10.2. The molecule has 2 atom stereocenters. The first-order chi connectivity index (χ1) is 7.27. The van der Waals surface area contributed by atoms with E-state index in [1.54, 1.807) is 6.33 Å². The molecule has 0 amide bonds. The van der Waals surface area contributed by atoms with Crippen LogP contribution in [-0.2, 0) is 13.5 Å². The molecule has 0 spiro atoms. The highest BCUT2D eigenvalue weighted by Crippen LogP contribution is 2.18. The lowest BCUT2D eigenvalue weighted by Crippen LogP contribution is -2.37. The summed E-state index contributed by atoms with van der Waals surface area (Å²) in [5.41, 5.74) is 0. The molecule has 0 radical (unpaired) electrons. The summed E-state index contributed by atoms with van der Waals surface area (Å²) >= 11 is 0. The van der Waals surface area contributed by atoms with E-state index >= 15 is 0 Å². The molecule has 15 heavy (non-hydrogen) atoms. The summed E-state index contributed by atoms with van der Waals surface area (Å²) in [6, 6.07) is 0.276. The predicted octanol–water partition coefficient (Wildman–Crippen LogP) is -0.139. The monoisotopic (exact) mass is 210 g/mol. The molecule has 5 heteroatoms. The second kappa shape index (κ2) is 4.72. The average Bonchev–Trinajstić information content (AvgIpc) is 2.78. The molecule has 1 aliphatic carbocycles. The Balaban J connectivity index is 1.73. The number of nitrogens with one attached hydrogen (secondary N) is 1. The summed E-state index contributed by atoms with van der Waals surface area (Å²) in [7, 11) is 1.94. The fourth-order valence-electron chi connectivity index (χ4n) is 2.08. The maximum Gasteiger partial charge on any atom is 0.133 e. The third-order valence-electron chi connectivity index (χ3n) is 3.04. The van der Waals surface area contributed by atoms with Gasteiger partial charge >= 0.3 is 0 Å². The van der Waals surface area contributed by atoms with Crippen molar-refractivity contribution in [1.82, 2.24) is 20.1 Å². The summed E-state index contributed by atoms with van der Waals surface area (Å²) in [6.45, 7) is 0.855. The van der Waals surface area contributed by atoms with Crippen LogP contribution >= 0.6 is 0 Å². The highest BCUT2D eigenvalue weighted by Gasteiger charge is 2.24. The molecular formula is C10H18N4O. The van der Waals surface area contributed by atoms with Gasteiger partial charge in [0.2, 0.25) is 0 Å². The van der Waals surface area contributed by atoms with Crippen molar-refractivity contribution in [1.29, 1.82) is 0 Å². The first-order valence-electron chi connectivity index (χ1n) is 5.51. The molecule has 0 aromatic carbocycles. The van der Waals surface area contributed by atoms with Crippen LogP contribution in [0.25, 0.3) is 0 Å². The van der Waals surface area contributed by atoms with Gasteiger partial charge in [0.15, 0.2) is 0 Å². The molecule has 1 aromatic heterocycles. The Bertz CT molecular complexity index is 312. The molecule has 1 saturated carbocycles. The predicted molar refractivity (Wildman–Crippen MR) is 56.4 cm³/mol. The van der Waals surface area contributed by atoms with Gasteiger partial charge in [0.1, 0.15) is 12.2 Å². The Morgan fingerprint density at radius 1 is 1.60 bits per heavy atom. The van der Waals surface area contributed by atoms with Crippen LogP contribution in [0.3, 0.4) is 0 Å². The molecule has 5 nitrogen and oxygen atoms in total. The van der Waals surface area contributed by atoms with Crippen LogP contribution in [0.1, 0.15) is 25.1 Å². The van der Waals surface area contributed by atoms with E-state index in [1.165, 1.54) is 0 Å². The first kappa shape index (κ1) is 10.6. The van der Waals surface area contributed by atoms with Crippen molar-refractivity contribution in [3.05, 3.63) is 12.2 Å². The van der Waals surface area contributed by atoms with E-state index in [0.29, 0.717) is 0 Å². The van der Waals surface area contributed by atoms with E-state index in [1.807, 2.05) is 11.6 Å². The highest BCUT2D eigenvalue weighted by molar-refractivity contribution is 4.87. The Morgan fingerprint density at radius 3 is 3.07 bits per heavy atom. The number of aliphatic hydroxyl groups is 1. The molecule has 84 valence electrons. The number of aliphatic hydroxyl groups excluding tert-OH is 1. The quantitative estimate of drug-likeness (QED) is 0.726. The minimum atomic E-state index is -0.163. The van der Waals surface area contributed by atoms with Gasteiger partial charge in [0.05, 0.1) is 6.10 Å². The Labute approximate surface area is 89.5 Å². The minimum Gasteiger partial charge on any atom is -0.392 e. The molecule has 2 unspecified atom stereocenters. The van der Waals surface area contributed by atoms with Gasteiger partial charge in [-0.1, -0.05) is 0 Å². The number of hydrogen-bond acceptors (Lipinski definition) is 4. The normalized spacial score (nSPS) is 26.0. The van der Waals surface area contributed by atoms with E-state index in [-0.39, 0.29) is 12.1 Å². The van der Waals surface area contributed by atoms with Crippen LogP contribution in [0.5, 0.6) is 0 Å². The number of nitrogens with zero attached hydrogens (tertiary/aromatic N) is 3. The maximum atomic E-state index is 9.61. The third-order valence-corrected chi connectivity index (χ3v) is 3.04. The van der Waals surface area contributed by atoms with Gasteiger partial charge in [-0.05, 0) is 19.3 Å². The fourth-order valence-corrected chi connectivity index (χ4v) is 2.08. The SMILES string of the molecule is Cn1cnnc1CCNC1CCCC1O. The van der Waals surface area contributed by atoms with Gasteiger partial charge in [-0.25, -0.2) is 0 Å². The Kier molecular flexibility index (Phi) is 3.33. The summed E-state index contributed by atoms with van der Waals surface area (Å²) in [5, 5.41) is 20.8. The Morgan fingerprint density at radius 2 is 2.47 bits per heavy atom. The number of rotatable bonds is 4. The van der Waals surface area contributed by atoms with Gasteiger partial charge < -0.3 is 15.0 Å². The smallest absolute Gasteiger partial charge is 0.133 e. The molecule has 1 aromatic rings. The van der Waals surface area contributed by atoms with Crippen LogP contribution in [0.4, 0.5) is 0 Å². The zero-order chi connectivity index (χ0) is 10.7. The summed E-state index contributed by atoms with van der Waals surface area (Å²) in [5.74, 6) is 0.981. The largest absolute Gasteiger partial charge is 0.392 e. The van der Waals surface area contributed by atoms with Crippen molar-refractivity contribution < 1.29 is 5.11 Å². The second-order valence-corrected chi connectivity index (χ2v) is 4.17. The molecular weight excluding hydrogens is 192 g/mol.